The van der Waals surface area contributed by atoms with Crippen molar-refractivity contribution in [1.82, 2.24) is 15.5 Å². The Hall–Kier alpha value is -1.30. The molecule has 2 aliphatic heterocycles. The van der Waals surface area contributed by atoms with Crippen molar-refractivity contribution in [2.45, 2.75) is 51.0 Å². The van der Waals surface area contributed by atoms with E-state index < -0.39 is 5.41 Å². The van der Waals surface area contributed by atoms with Crippen LogP contribution in [0.15, 0.2) is 24.3 Å². The van der Waals surface area contributed by atoms with Crippen LogP contribution in [0.25, 0.3) is 0 Å². The van der Waals surface area contributed by atoms with Crippen LogP contribution < -0.4 is 10.6 Å². The highest BCUT2D eigenvalue weighted by atomic mass is 35.5. The number of halogens is 2. The number of likely N-dealkylation sites (tertiary alicyclic amines) is 1. The number of rotatable bonds is 5. The van der Waals surface area contributed by atoms with Crippen molar-refractivity contribution >= 4 is 35.8 Å². The molecular weight excluding hydrogens is 397 g/mol. The van der Waals surface area contributed by atoms with Crippen LogP contribution in [0.4, 0.5) is 0 Å². The summed E-state index contributed by atoms with van der Waals surface area (Å²) in [5.41, 5.74) is 0.191. The van der Waals surface area contributed by atoms with Gasteiger partial charge in [0.1, 0.15) is 0 Å². The fourth-order valence-electron chi connectivity index (χ4n) is 4.17. The van der Waals surface area contributed by atoms with E-state index in [4.69, 9.17) is 11.6 Å². The maximum Gasteiger partial charge on any atom is 0.237 e. The first kappa shape index (κ1) is 23.0. The van der Waals surface area contributed by atoms with Crippen LogP contribution in [0.2, 0.25) is 5.02 Å². The fourth-order valence-corrected chi connectivity index (χ4v) is 4.54. The minimum atomic E-state index is -0.669. The third-order valence-electron chi connectivity index (χ3n) is 5.83. The number of hydrogen-bond donors (Lipinski definition) is 2. The van der Waals surface area contributed by atoms with E-state index in [9.17, 15) is 9.59 Å². The molecule has 1 aromatic carbocycles. The second-order valence-corrected chi connectivity index (χ2v) is 8.67. The third-order valence-corrected chi connectivity index (χ3v) is 6.16. The Morgan fingerprint density at radius 2 is 2.00 bits per heavy atom. The van der Waals surface area contributed by atoms with Gasteiger partial charge >= 0.3 is 0 Å². The van der Waals surface area contributed by atoms with Gasteiger partial charge in [0.2, 0.25) is 11.8 Å². The quantitative estimate of drug-likeness (QED) is 0.758. The molecule has 1 aromatic rings. The minimum absolute atomic E-state index is 0. The Balaban J connectivity index is 0.00000280. The van der Waals surface area contributed by atoms with E-state index in [0.29, 0.717) is 24.0 Å². The Morgan fingerprint density at radius 3 is 2.68 bits per heavy atom. The Morgan fingerprint density at radius 1 is 1.25 bits per heavy atom. The monoisotopic (exact) mass is 427 g/mol. The van der Waals surface area contributed by atoms with E-state index in [-0.39, 0.29) is 30.3 Å². The van der Waals surface area contributed by atoms with Gasteiger partial charge < -0.3 is 15.5 Å². The van der Waals surface area contributed by atoms with Gasteiger partial charge in [-0.05, 0) is 63.6 Å². The van der Waals surface area contributed by atoms with Gasteiger partial charge in [0.15, 0.2) is 0 Å². The predicted octanol–water partition coefficient (Wildman–Crippen LogP) is 3.15. The lowest BCUT2D eigenvalue weighted by atomic mass is 9.82. The molecule has 0 spiro atoms. The summed E-state index contributed by atoms with van der Waals surface area (Å²) in [5.74, 6) is 0.492. The number of amides is 2. The van der Waals surface area contributed by atoms with Crippen molar-refractivity contribution in [2.24, 2.45) is 5.92 Å². The molecule has 0 aliphatic carbocycles. The molecule has 2 fully saturated rings. The molecule has 2 unspecified atom stereocenters. The summed E-state index contributed by atoms with van der Waals surface area (Å²) in [4.78, 5) is 27.4. The zero-order valence-electron chi connectivity index (χ0n) is 16.7. The lowest BCUT2D eigenvalue weighted by molar-refractivity contribution is -0.138. The summed E-state index contributed by atoms with van der Waals surface area (Å²) in [7, 11) is 0. The summed E-state index contributed by atoms with van der Waals surface area (Å²) in [6.07, 6.45) is 3.97. The molecule has 2 aliphatic rings. The van der Waals surface area contributed by atoms with Crippen molar-refractivity contribution in [3.05, 3.63) is 34.9 Å². The van der Waals surface area contributed by atoms with Crippen LogP contribution in [0, 0.1) is 5.92 Å². The average Bonchev–Trinajstić information content (AvgIpc) is 3.21. The lowest BCUT2D eigenvalue weighted by Crippen LogP contribution is -2.50. The molecule has 2 saturated heterocycles. The summed E-state index contributed by atoms with van der Waals surface area (Å²) < 4.78 is 0. The Kier molecular flexibility index (Phi) is 8.17. The maximum atomic E-state index is 13.2. The number of nitrogens with zero attached hydrogens (tertiary/aromatic N) is 1. The minimum Gasteiger partial charge on any atom is -0.354 e. The van der Waals surface area contributed by atoms with Gasteiger partial charge in [-0.3, -0.25) is 9.59 Å². The van der Waals surface area contributed by atoms with Gasteiger partial charge in [0, 0.05) is 24.7 Å². The molecule has 28 heavy (non-hydrogen) atoms. The normalized spacial score (nSPS) is 22.5. The average molecular weight is 428 g/mol. The number of nitrogens with one attached hydrogen (secondary N) is 2. The molecule has 156 valence electrons. The molecule has 2 N–H and O–H groups in total. The van der Waals surface area contributed by atoms with Gasteiger partial charge in [-0.25, -0.2) is 0 Å². The highest BCUT2D eigenvalue weighted by Crippen LogP contribution is 2.32. The van der Waals surface area contributed by atoms with Crippen LogP contribution in [-0.4, -0.2) is 48.9 Å². The molecule has 7 heteroatoms. The fraction of sp³-hybridized carbons (Fsp3) is 0.619. The van der Waals surface area contributed by atoms with E-state index in [1.165, 1.54) is 0 Å². The van der Waals surface area contributed by atoms with Crippen LogP contribution in [0.5, 0.6) is 0 Å². The Bertz CT molecular complexity index is 690. The first-order chi connectivity index (χ1) is 12.9. The molecule has 0 aromatic heterocycles. The molecule has 2 amide bonds. The van der Waals surface area contributed by atoms with Gasteiger partial charge in [-0.1, -0.05) is 29.8 Å². The van der Waals surface area contributed by atoms with Crippen molar-refractivity contribution in [1.29, 1.82) is 0 Å². The van der Waals surface area contributed by atoms with Crippen LogP contribution in [-0.2, 0) is 15.0 Å². The lowest BCUT2D eigenvalue weighted by Gasteiger charge is -2.38. The topological polar surface area (TPSA) is 61.4 Å². The maximum absolute atomic E-state index is 13.2. The van der Waals surface area contributed by atoms with Crippen molar-refractivity contribution < 1.29 is 9.59 Å². The first-order valence-electron chi connectivity index (χ1n) is 9.95. The number of piperidine rings is 1. The zero-order valence-corrected chi connectivity index (χ0v) is 18.2. The van der Waals surface area contributed by atoms with Crippen molar-refractivity contribution in [2.75, 3.05) is 26.2 Å². The molecule has 5 nitrogen and oxygen atoms in total. The number of hydrogen-bond acceptors (Lipinski definition) is 3. The van der Waals surface area contributed by atoms with Crippen LogP contribution in [0.3, 0.4) is 0 Å². The van der Waals surface area contributed by atoms with E-state index in [0.717, 1.165) is 44.3 Å². The van der Waals surface area contributed by atoms with Gasteiger partial charge in [0.05, 0.1) is 11.5 Å². The summed E-state index contributed by atoms with van der Waals surface area (Å²) in [6, 6.07) is 7.51. The highest BCUT2D eigenvalue weighted by molar-refractivity contribution is 6.31. The van der Waals surface area contributed by atoms with E-state index in [1.807, 2.05) is 43.0 Å². The number of benzene rings is 1. The summed E-state index contributed by atoms with van der Waals surface area (Å²) >= 11 is 6.34. The second kappa shape index (κ2) is 9.95. The predicted molar refractivity (Wildman–Crippen MR) is 115 cm³/mol. The zero-order chi connectivity index (χ0) is 19.4. The first-order valence-corrected chi connectivity index (χ1v) is 10.3. The smallest absolute Gasteiger partial charge is 0.237 e. The standard InChI is InChI=1S/C21H30ClN3O2.ClH/c1-21(2,16-8-3-4-9-17(16)22)20(27)25-12-6-7-15(14-25)13-24-19(26)18-10-5-11-23-18;/h3-4,8-9,15,18,23H,5-7,10-14H2,1-2H3,(H,24,26);1H. The SMILES string of the molecule is CC(C)(C(=O)N1CCCC(CNC(=O)C2CCCN2)C1)c1ccccc1Cl.Cl. The van der Waals surface area contributed by atoms with Gasteiger partial charge in [-0.15, -0.1) is 12.4 Å². The summed E-state index contributed by atoms with van der Waals surface area (Å²) in [5, 5.41) is 6.92. The highest BCUT2D eigenvalue weighted by Gasteiger charge is 2.37. The molecule has 2 heterocycles. The molecule has 0 saturated carbocycles. The van der Waals surface area contributed by atoms with Crippen molar-refractivity contribution in [3.63, 3.8) is 0 Å². The molecule has 0 radical (unpaired) electrons. The van der Waals surface area contributed by atoms with E-state index in [1.54, 1.807) is 0 Å². The van der Waals surface area contributed by atoms with Gasteiger partial charge in [0.25, 0.3) is 0 Å². The van der Waals surface area contributed by atoms with Crippen LogP contribution >= 0.6 is 24.0 Å². The largest absolute Gasteiger partial charge is 0.354 e. The third kappa shape index (κ3) is 5.19. The number of carbonyl (C=O) groups is 2. The number of carbonyl (C=O) groups excluding carboxylic acids is 2. The second-order valence-electron chi connectivity index (χ2n) is 8.26. The molecular formula is C21H31Cl2N3O2. The molecule has 2 atom stereocenters. The molecule has 3 rings (SSSR count). The van der Waals surface area contributed by atoms with E-state index >= 15 is 0 Å². The van der Waals surface area contributed by atoms with Crippen LogP contribution in [0.1, 0.15) is 45.1 Å². The van der Waals surface area contributed by atoms with Gasteiger partial charge in [-0.2, -0.15) is 0 Å². The summed E-state index contributed by atoms with van der Waals surface area (Å²) in [6.45, 7) is 6.88. The Labute approximate surface area is 179 Å². The van der Waals surface area contributed by atoms with E-state index in [2.05, 4.69) is 10.6 Å². The van der Waals surface area contributed by atoms with Crippen molar-refractivity contribution in [3.8, 4) is 0 Å². The molecule has 0 bridgehead atoms.